The van der Waals surface area contributed by atoms with E-state index in [0.29, 0.717) is 25.8 Å². The zero-order valence-corrected chi connectivity index (χ0v) is 14.1. The normalized spacial score (nSPS) is 20.3. The second-order valence-electron chi connectivity index (χ2n) is 6.45. The second-order valence-corrected chi connectivity index (χ2v) is 6.45. The summed E-state index contributed by atoms with van der Waals surface area (Å²) < 4.78 is 0. The third-order valence-corrected chi connectivity index (χ3v) is 4.41. The summed E-state index contributed by atoms with van der Waals surface area (Å²) in [5.41, 5.74) is 0.0857. The van der Waals surface area contributed by atoms with Crippen LogP contribution < -0.4 is 10.2 Å². The zero-order valence-electron chi connectivity index (χ0n) is 14.1. The van der Waals surface area contributed by atoms with Crippen molar-refractivity contribution in [3.8, 4) is 0 Å². The Labute approximate surface area is 147 Å². The average molecular weight is 341 g/mol. The van der Waals surface area contributed by atoms with Crippen molar-refractivity contribution in [2.75, 3.05) is 24.5 Å². The number of carbonyl (C=O) groups excluding carboxylic acids is 1. The van der Waals surface area contributed by atoms with Gasteiger partial charge in [0.25, 0.3) is 0 Å². The van der Waals surface area contributed by atoms with Crippen molar-refractivity contribution in [3.05, 3.63) is 48.7 Å². The molecule has 0 aliphatic carbocycles. The Hall–Kier alpha value is -2.54. The second kappa shape index (κ2) is 8.02. The first-order chi connectivity index (χ1) is 12.1. The molecular formula is C18H23N5O2. The zero-order chi connectivity index (χ0) is 17.5. The summed E-state index contributed by atoms with van der Waals surface area (Å²) in [6.07, 6.45) is 11.0. The van der Waals surface area contributed by atoms with Crippen LogP contribution in [0.5, 0.6) is 0 Å². The van der Waals surface area contributed by atoms with Gasteiger partial charge < -0.3 is 15.3 Å². The number of β-amino-alcohol motifs (C(OH)–C–C–N with tert-alkyl or cyclic N) is 1. The van der Waals surface area contributed by atoms with Crippen molar-refractivity contribution in [1.29, 1.82) is 0 Å². The molecule has 0 spiro atoms. The van der Waals surface area contributed by atoms with Gasteiger partial charge in [-0.3, -0.25) is 14.8 Å². The van der Waals surface area contributed by atoms with E-state index in [1.54, 1.807) is 31.0 Å². The minimum Gasteiger partial charge on any atom is -0.386 e. The van der Waals surface area contributed by atoms with E-state index in [0.717, 1.165) is 24.3 Å². The summed E-state index contributed by atoms with van der Waals surface area (Å²) in [7, 11) is 0. The summed E-state index contributed by atoms with van der Waals surface area (Å²) in [6, 6.07) is 3.81. The van der Waals surface area contributed by atoms with E-state index in [1.165, 1.54) is 0 Å². The first kappa shape index (κ1) is 17.3. The van der Waals surface area contributed by atoms with Crippen molar-refractivity contribution in [1.82, 2.24) is 20.3 Å². The van der Waals surface area contributed by atoms with Crippen LogP contribution in [0.3, 0.4) is 0 Å². The molecule has 0 saturated carbocycles. The summed E-state index contributed by atoms with van der Waals surface area (Å²) >= 11 is 0. The monoisotopic (exact) mass is 341 g/mol. The van der Waals surface area contributed by atoms with Gasteiger partial charge in [0.2, 0.25) is 5.91 Å². The Bertz CT molecular complexity index is 682. The highest BCUT2D eigenvalue weighted by Gasteiger charge is 2.34. The minimum atomic E-state index is -0.945. The van der Waals surface area contributed by atoms with Crippen LogP contribution in [0.2, 0.25) is 0 Å². The lowest BCUT2D eigenvalue weighted by molar-refractivity contribution is -0.122. The molecule has 2 aromatic heterocycles. The summed E-state index contributed by atoms with van der Waals surface area (Å²) in [4.78, 5) is 26.5. The lowest BCUT2D eigenvalue weighted by Crippen LogP contribution is -2.54. The fourth-order valence-corrected chi connectivity index (χ4v) is 3.06. The molecule has 1 amide bonds. The number of amides is 1. The van der Waals surface area contributed by atoms with Gasteiger partial charge in [0.15, 0.2) is 0 Å². The number of hydrogen-bond donors (Lipinski definition) is 2. The number of carbonyl (C=O) groups is 1. The van der Waals surface area contributed by atoms with E-state index in [4.69, 9.17) is 0 Å². The summed E-state index contributed by atoms with van der Waals surface area (Å²) in [5.74, 6) is 0.692. The Kier molecular flexibility index (Phi) is 5.55. The maximum atomic E-state index is 12.1. The standard InChI is InChI=1S/C18H23N5O2/c24-17(5-4-15-3-1-7-19-11-15)22-13-18(25)6-2-10-23(14-18)16-12-20-8-9-21-16/h1,3,7-9,11-12,25H,2,4-6,10,13-14H2,(H,22,24). The van der Waals surface area contributed by atoms with Crippen LogP contribution in [0.15, 0.2) is 43.1 Å². The largest absolute Gasteiger partial charge is 0.386 e. The van der Waals surface area contributed by atoms with Crippen molar-refractivity contribution < 1.29 is 9.90 Å². The van der Waals surface area contributed by atoms with Gasteiger partial charge in [-0.15, -0.1) is 0 Å². The molecule has 3 rings (SSSR count). The molecule has 1 fully saturated rings. The average Bonchev–Trinajstić information content (AvgIpc) is 2.66. The van der Waals surface area contributed by atoms with E-state index < -0.39 is 5.60 Å². The van der Waals surface area contributed by atoms with Crippen LogP contribution >= 0.6 is 0 Å². The number of aromatic nitrogens is 3. The highest BCUT2D eigenvalue weighted by molar-refractivity contribution is 5.76. The van der Waals surface area contributed by atoms with Crippen LogP contribution in [0, 0.1) is 0 Å². The number of piperidine rings is 1. The minimum absolute atomic E-state index is 0.0612. The SMILES string of the molecule is O=C(CCc1cccnc1)NCC1(O)CCCN(c2cnccn2)C1. The number of aryl methyl sites for hydroxylation is 1. The maximum absolute atomic E-state index is 12.1. The number of pyridine rings is 1. The Morgan fingerprint density at radius 3 is 2.92 bits per heavy atom. The van der Waals surface area contributed by atoms with Gasteiger partial charge in [-0.2, -0.15) is 0 Å². The molecule has 7 heteroatoms. The van der Waals surface area contributed by atoms with E-state index in [-0.39, 0.29) is 12.5 Å². The van der Waals surface area contributed by atoms with Crippen molar-refractivity contribution >= 4 is 11.7 Å². The molecule has 2 aromatic rings. The highest BCUT2D eigenvalue weighted by atomic mass is 16.3. The predicted octanol–water partition coefficient (Wildman–Crippen LogP) is 0.952. The topological polar surface area (TPSA) is 91.2 Å². The fraction of sp³-hybridized carbons (Fsp3) is 0.444. The van der Waals surface area contributed by atoms with Gasteiger partial charge >= 0.3 is 0 Å². The number of anilines is 1. The molecule has 1 saturated heterocycles. The Morgan fingerprint density at radius 1 is 1.28 bits per heavy atom. The highest BCUT2D eigenvalue weighted by Crippen LogP contribution is 2.23. The molecular weight excluding hydrogens is 318 g/mol. The Morgan fingerprint density at radius 2 is 2.16 bits per heavy atom. The number of rotatable bonds is 6. The van der Waals surface area contributed by atoms with Crippen LogP contribution in [0.4, 0.5) is 5.82 Å². The van der Waals surface area contributed by atoms with Gasteiger partial charge in [0.1, 0.15) is 5.82 Å². The van der Waals surface area contributed by atoms with Gasteiger partial charge in [-0.1, -0.05) is 6.07 Å². The van der Waals surface area contributed by atoms with Crippen LogP contribution in [-0.2, 0) is 11.2 Å². The number of hydrogen-bond acceptors (Lipinski definition) is 6. The van der Waals surface area contributed by atoms with Gasteiger partial charge in [-0.25, -0.2) is 4.98 Å². The van der Waals surface area contributed by atoms with E-state index >= 15 is 0 Å². The molecule has 1 aliphatic heterocycles. The molecule has 1 atom stereocenters. The van der Waals surface area contributed by atoms with Crippen molar-refractivity contribution in [2.45, 2.75) is 31.3 Å². The molecule has 3 heterocycles. The first-order valence-electron chi connectivity index (χ1n) is 8.54. The summed E-state index contributed by atoms with van der Waals surface area (Å²) in [5, 5.41) is 13.7. The molecule has 2 N–H and O–H groups in total. The number of aliphatic hydroxyl groups is 1. The third kappa shape index (κ3) is 4.96. The third-order valence-electron chi connectivity index (χ3n) is 4.41. The number of nitrogens with zero attached hydrogens (tertiary/aromatic N) is 4. The van der Waals surface area contributed by atoms with Gasteiger partial charge in [0.05, 0.1) is 11.8 Å². The van der Waals surface area contributed by atoms with Gasteiger partial charge in [-0.05, 0) is 30.9 Å². The van der Waals surface area contributed by atoms with E-state index in [2.05, 4.69) is 20.3 Å². The van der Waals surface area contributed by atoms with Crippen LogP contribution in [0.1, 0.15) is 24.8 Å². The lowest BCUT2D eigenvalue weighted by atomic mass is 9.92. The van der Waals surface area contributed by atoms with Gasteiger partial charge in [0, 0.05) is 50.8 Å². The predicted molar refractivity (Wildman–Crippen MR) is 94.0 cm³/mol. The fourth-order valence-electron chi connectivity index (χ4n) is 3.06. The number of nitrogens with one attached hydrogen (secondary N) is 1. The molecule has 0 bridgehead atoms. The van der Waals surface area contributed by atoms with E-state index in [1.807, 2.05) is 17.0 Å². The van der Waals surface area contributed by atoms with E-state index in [9.17, 15) is 9.90 Å². The lowest BCUT2D eigenvalue weighted by Gasteiger charge is -2.39. The molecule has 1 aliphatic rings. The summed E-state index contributed by atoms with van der Waals surface area (Å²) in [6.45, 7) is 1.51. The molecule has 1 unspecified atom stereocenters. The van der Waals surface area contributed by atoms with Crippen LogP contribution in [-0.4, -0.2) is 51.2 Å². The molecule has 25 heavy (non-hydrogen) atoms. The molecule has 0 aromatic carbocycles. The Balaban J connectivity index is 1.48. The maximum Gasteiger partial charge on any atom is 0.220 e. The van der Waals surface area contributed by atoms with Crippen molar-refractivity contribution in [2.24, 2.45) is 0 Å². The smallest absolute Gasteiger partial charge is 0.220 e. The quantitative estimate of drug-likeness (QED) is 0.813. The first-order valence-corrected chi connectivity index (χ1v) is 8.54. The van der Waals surface area contributed by atoms with Crippen molar-refractivity contribution in [3.63, 3.8) is 0 Å². The molecule has 0 radical (unpaired) electrons. The molecule has 132 valence electrons. The molecule has 7 nitrogen and oxygen atoms in total. The van der Waals surface area contributed by atoms with Crippen LogP contribution in [0.25, 0.3) is 0 Å².